The van der Waals surface area contributed by atoms with Crippen molar-refractivity contribution in [3.05, 3.63) is 18.5 Å². The zero-order chi connectivity index (χ0) is 14.5. The molecule has 0 bridgehead atoms. The van der Waals surface area contributed by atoms with Crippen molar-refractivity contribution in [2.45, 2.75) is 18.4 Å². The summed E-state index contributed by atoms with van der Waals surface area (Å²) in [5.41, 5.74) is 0.169. The van der Waals surface area contributed by atoms with Crippen molar-refractivity contribution in [3.8, 4) is 0 Å². The minimum Gasteiger partial charge on any atom is -0.383 e. The van der Waals surface area contributed by atoms with E-state index in [-0.39, 0.29) is 5.54 Å². The molecule has 116 valence electrons. The molecule has 2 aliphatic heterocycles. The lowest BCUT2D eigenvalue weighted by Crippen LogP contribution is -2.62. The van der Waals surface area contributed by atoms with Crippen LogP contribution in [0.3, 0.4) is 0 Å². The van der Waals surface area contributed by atoms with E-state index < -0.39 is 0 Å². The van der Waals surface area contributed by atoms with Crippen LogP contribution in [-0.4, -0.2) is 73.5 Å². The van der Waals surface area contributed by atoms with E-state index in [1.165, 1.54) is 0 Å². The molecule has 2 fully saturated rings. The van der Waals surface area contributed by atoms with E-state index in [0.29, 0.717) is 0 Å². The van der Waals surface area contributed by atoms with Gasteiger partial charge in [-0.15, -0.1) is 0 Å². The van der Waals surface area contributed by atoms with Crippen LogP contribution >= 0.6 is 0 Å². The summed E-state index contributed by atoms with van der Waals surface area (Å²) in [6.45, 7) is 6.41. The van der Waals surface area contributed by atoms with Gasteiger partial charge in [-0.2, -0.15) is 0 Å². The van der Waals surface area contributed by atoms with E-state index in [4.69, 9.17) is 9.47 Å². The summed E-state index contributed by atoms with van der Waals surface area (Å²) in [6.07, 6.45) is 5.80. The summed E-state index contributed by atoms with van der Waals surface area (Å²) in [6, 6.07) is 1.86. The summed E-state index contributed by atoms with van der Waals surface area (Å²) < 4.78 is 11.0. The quantitative estimate of drug-likeness (QED) is 0.818. The molecule has 0 radical (unpaired) electrons. The second-order valence-corrected chi connectivity index (χ2v) is 5.79. The van der Waals surface area contributed by atoms with Crippen LogP contribution in [-0.2, 0) is 9.47 Å². The molecule has 21 heavy (non-hydrogen) atoms. The lowest BCUT2D eigenvalue weighted by Gasteiger charge is -2.51. The summed E-state index contributed by atoms with van der Waals surface area (Å²) in [7, 11) is 1.77. The molecular formula is C15H24N4O2. The lowest BCUT2D eigenvalue weighted by molar-refractivity contribution is -0.0858. The predicted molar refractivity (Wildman–Crippen MR) is 80.5 cm³/mol. The summed E-state index contributed by atoms with van der Waals surface area (Å²) in [5, 5.41) is 0. The molecule has 1 spiro atoms. The third-order valence-corrected chi connectivity index (χ3v) is 4.64. The van der Waals surface area contributed by atoms with Crippen molar-refractivity contribution < 1.29 is 9.47 Å². The van der Waals surface area contributed by atoms with Crippen molar-refractivity contribution in [1.82, 2.24) is 14.9 Å². The van der Waals surface area contributed by atoms with Gasteiger partial charge in [-0.25, -0.2) is 9.97 Å². The maximum atomic E-state index is 5.78. The third kappa shape index (κ3) is 3.17. The molecule has 0 saturated carbocycles. The molecule has 1 aromatic heterocycles. The zero-order valence-corrected chi connectivity index (χ0v) is 12.7. The molecule has 2 aliphatic rings. The van der Waals surface area contributed by atoms with Crippen molar-refractivity contribution in [2.24, 2.45) is 0 Å². The average molecular weight is 292 g/mol. The van der Waals surface area contributed by atoms with E-state index >= 15 is 0 Å². The molecule has 0 N–H and O–H groups in total. The Morgan fingerprint density at radius 1 is 1.24 bits per heavy atom. The Kier molecular flexibility index (Phi) is 4.67. The fourth-order valence-corrected chi connectivity index (χ4v) is 3.35. The molecule has 6 nitrogen and oxygen atoms in total. The molecule has 0 unspecified atom stereocenters. The van der Waals surface area contributed by atoms with E-state index in [1.54, 1.807) is 19.5 Å². The number of hydrogen-bond acceptors (Lipinski definition) is 6. The van der Waals surface area contributed by atoms with E-state index in [1.807, 2.05) is 6.07 Å². The maximum absolute atomic E-state index is 5.78. The minimum absolute atomic E-state index is 0.169. The van der Waals surface area contributed by atoms with Crippen LogP contribution in [0.4, 0.5) is 5.95 Å². The van der Waals surface area contributed by atoms with E-state index in [0.717, 1.165) is 64.8 Å². The van der Waals surface area contributed by atoms with Gasteiger partial charge in [-0.1, -0.05) is 0 Å². The first-order chi connectivity index (χ1) is 10.3. The van der Waals surface area contributed by atoms with Gasteiger partial charge in [-0.05, 0) is 18.9 Å². The number of morpholine rings is 1. The van der Waals surface area contributed by atoms with Gasteiger partial charge in [0.15, 0.2) is 0 Å². The Bertz CT molecular complexity index is 435. The van der Waals surface area contributed by atoms with Crippen LogP contribution in [0.1, 0.15) is 12.8 Å². The number of nitrogens with zero attached hydrogens (tertiary/aromatic N) is 4. The van der Waals surface area contributed by atoms with Gasteiger partial charge >= 0.3 is 0 Å². The second kappa shape index (κ2) is 6.68. The zero-order valence-electron chi connectivity index (χ0n) is 12.7. The Morgan fingerprint density at radius 3 is 2.71 bits per heavy atom. The molecule has 1 aromatic rings. The van der Waals surface area contributed by atoms with Crippen molar-refractivity contribution in [1.29, 1.82) is 0 Å². The lowest BCUT2D eigenvalue weighted by atomic mass is 9.85. The van der Waals surface area contributed by atoms with Crippen molar-refractivity contribution >= 4 is 5.95 Å². The monoisotopic (exact) mass is 292 g/mol. The van der Waals surface area contributed by atoms with Gasteiger partial charge in [0.05, 0.1) is 19.8 Å². The third-order valence-electron chi connectivity index (χ3n) is 4.64. The molecule has 3 heterocycles. The Morgan fingerprint density at radius 2 is 2.00 bits per heavy atom. The fourth-order valence-electron chi connectivity index (χ4n) is 3.35. The van der Waals surface area contributed by atoms with Crippen LogP contribution in [0.15, 0.2) is 18.5 Å². The van der Waals surface area contributed by atoms with Gasteiger partial charge < -0.3 is 14.4 Å². The summed E-state index contributed by atoms with van der Waals surface area (Å²) in [5.74, 6) is 0.840. The number of hydrogen-bond donors (Lipinski definition) is 0. The Balaban J connectivity index is 1.64. The van der Waals surface area contributed by atoms with Crippen LogP contribution in [0.2, 0.25) is 0 Å². The predicted octanol–water partition coefficient (Wildman–Crippen LogP) is 0.794. The van der Waals surface area contributed by atoms with Gasteiger partial charge in [0.1, 0.15) is 0 Å². The number of piperidine rings is 1. The fraction of sp³-hybridized carbons (Fsp3) is 0.733. The van der Waals surface area contributed by atoms with E-state index in [9.17, 15) is 0 Å². The molecule has 0 amide bonds. The van der Waals surface area contributed by atoms with Crippen molar-refractivity contribution in [3.63, 3.8) is 0 Å². The Labute approximate surface area is 126 Å². The molecule has 2 saturated heterocycles. The number of ether oxygens (including phenoxy) is 2. The van der Waals surface area contributed by atoms with Crippen LogP contribution in [0, 0.1) is 0 Å². The largest absolute Gasteiger partial charge is 0.383 e. The number of aromatic nitrogens is 2. The molecule has 3 rings (SSSR count). The minimum atomic E-state index is 0.169. The van der Waals surface area contributed by atoms with Gasteiger partial charge in [0, 0.05) is 51.2 Å². The first kappa shape index (κ1) is 14.7. The highest BCUT2D eigenvalue weighted by Gasteiger charge is 2.42. The molecule has 6 heteroatoms. The highest BCUT2D eigenvalue weighted by atomic mass is 16.5. The maximum Gasteiger partial charge on any atom is 0.225 e. The normalized spacial score (nSPS) is 22.6. The second-order valence-electron chi connectivity index (χ2n) is 5.79. The summed E-state index contributed by atoms with van der Waals surface area (Å²) in [4.78, 5) is 13.5. The van der Waals surface area contributed by atoms with Gasteiger partial charge in [0.2, 0.25) is 5.95 Å². The van der Waals surface area contributed by atoms with E-state index in [2.05, 4.69) is 19.8 Å². The van der Waals surface area contributed by atoms with Gasteiger partial charge in [-0.3, -0.25) is 4.90 Å². The smallest absolute Gasteiger partial charge is 0.225 e. The molecule has 0 atom stereocenters. The SMILES string of the molecule is COCCN1CCOCC12CCN(c1ncccn1)CC2. The average Bonchev–Trinajstić information content (AvgIpc) is 2.56. The van der Waals surface area contributed by atoms with Crippen LogP contribution in [0.25, 0.3) is 0 Å². The summed E-state index contributed by atoms with van der Waals surface area (Å²) >= 11 is 0. The first-order valence-electron chi connectivity index (χ1n) is 7.68. The topological polar surface area (TPSA) is 50.7 Å². The van der Waals surface area contributed by atoms with Crippen LogP contribution in [0.5, 0.6) is 0 Å². The van der Waals surface area contributed by atoms with Crippen LogP contribution < -0.4 is 4.90 Å². The highest BCUT2D eigenvalue weighted by Crippen LogP contribution is 2.32. The van der Waals surface area contributed by atoms with Gasteiger partial charge in [0.25, 0.3) is 0 Å². The van der Waals surface area contributed by atoms with Crippen molar-refractivity contribution in [2.75, 3.05) is 58.0 Å². The number of methoxy groups -OCH3 is 1. The molecular weight excluding hydrogens is 268 g/mol. The first-order valence-corrected chi connectivity index (χ1v) is 7.68. The highest BCUT2D eigenvalue weighted by molar-refractivity contribution is 5.30. The number of anilines is 1. The standard InChI is InChI=1S/C15H24N4O2/c1-20-11-9-19-10-12-21-13-15(19)3-7-18(8-4-15)14-16-5-2-6-17-14/h2,5-6H,3-4,7-13H2,1H3. The molecule has 0 aromatic carbocycles. The Hall–Kier alpha value is -1.24. The number of rotatable bonds is 4. The molecule has 0 aliphatic carbocycles.